The van der Waals surface area contributed by atoms with Gasteiger partial charge in [0.05, 0.1) is 11.4 Å². The molecule has 1 aliphatic carbocycles. The van der Waals surface area contributed by atoms with Gasteiger partial charge in [-0.1, -0.05) is 0 Å². The average Bonchev–Trinajstić information content (AvgIpc) is 3.05. The van der Waals surface area contributed by atoms with Crippen molar-refractivity contribution < 1.29 is 12.8 Å². The molecular formula is C14H19N3O3S. The van der Waals surface area contributed by atoms with Crippen LogP contribution in [0.2, 0.25) is 0 Å². The fourth-order valence-electron chi connectivity index (χ4n) is 2.33. The monoisotopic (exact) mass is 309 g/mol. The van der Waals surface area contributed by atoms with Crippen molar-refractivity contribution in [2.45, 2.75) is 43.8 Å². The fourth-order valence-corrected chi connectivity index (χ4v) is 3.37. The smallest absolute Gasteiger partial charge is 0.242 e. The normalized spacial score (nSPS) is 15.5. The highest BCUT2D eigenvalue weighted by molar-refractivity contribution is 7.89. The van der Waals surface area contributed by atoms with Crippen molar-refractivity contribution in [2.24, 2.45) is 5.73 Å². The third-order valence-electron chi connectivity index (χ3n) is 3.60. The van der Waals surface area contributed by atoms with E-state index >= 15 is 0 Å². The van der Waals surface area contributed by atoms with Gasteiger partial charge in [-0.2, -0.15) is 0 Å². The quantitative estimate of drug-likeness (QED) is 0.849. The lowest BCUT2D eigenvalue weighted by Crippen LogP contribution is -2.22. The van der Waals surface area contributed by atoms with E-state index in [2.05, 4.69) is 4.72 Å². The number of nitrogens with zero attached hydrogens (tertiary/aromatic N) is 1. The minimum atomic E-state index is -3.55. The summed E-state index contributed by atoms with van der Waals surface area (Å²) in [6, 6.07) is 5.62. The molecule has 2 heterocycles. The Balaban J connectivity index is 1.77. The van der Waals surface area contributed by atoms with E-state index in [1.54, 1.807) is 24.4 Å². The molecule has 3 rings (SSSR count). The summed E-state index contributed by atoms with van der Waals surface area (Å²) in [5.41, 5.74) is 6.54. The average molecular weight is 309 g/mol. The number of nitrogens with one attached hydrogen (secondary N) is 1. The molecule has 2 aromatic rings. The van der Waals surface area contributed by atoms with Crippen molar-refractivity contribution in [3.63, 3.8) is 0 Å². The molecule has 0 amide bonds. The number of hydrogen-bond acceptors (Lipinski definition) is 4. The summed E-state index contributed by atoms with van der Waals surface area (Å²) in [6.07, 6.45) is 3.84. The van der Waals surface area contributed by atoms with Gasteiger partial charge in [-0.15, -0.1) is 0 Å². The van der Waals surface area contributed by atoms with Crippen LogP contribution >= 0.6 is 0 Å². The number of aromatic nitrogens is 1. The second-order valence-corrected chi connectivity index (χ2v) is 7.11. The van der Waals surface area contributed by atoms with Gasteiger partial charge >= 0.3 is 0 Å². The molecule has 1 aliphatic rings. The van der Waals surface area contributed by atoms with Crippen LogP contribution in [0, 0.1) is 6.92 Å². The molecule has 21 heavy (non-hydrogen) atoms. The Hall–Kier alpha value is -1.57. The number of sulfonamides is 1. The van der Waals surface area contributed by atoms with Crippen LogP contribution in [-0.4, -0.2) is 13.0 Å². The molecule has 0 spiro atoms. The summed E-state index contributed by atoms with van der Waals surface area (Å²) in [4.78, 5) is 0.262. The summed E-state index contributed by atoms with van der Waals surface area (Å²) in [5.74, 6) is 1.35. The molecule has 3 N–H and O–H groups in total. The zero-order chi connectivity index (χ0) is 15.0. The largest absolute Gasteiger partial charge is 0.465 e. The number of hydrogen-bond donors (Lipinski definition) is 2. The first kappa shape index (κ1) is 14.4. The number of nitrogens with two attached hydrogens (primary N) is 1. The predicted molar refractivity (Wildman–Crippen MR) is 78.1 cm³/mol. The zero-order valence-electron chi connectivity index (χ0n) is 11.9. The summed E-state index contributed by atoms with van der Waals surface area (Å²) in [6.45, 7) is 2.30. The Morgan fingerprint density at radius 1 is 1.43 bits per heavy atom. The van der Waals surface area contributed by atoms with Gasteiger partial charge in [0.25, 0.3) is 0 Å². The van der Waals surface area contributed by atoms with E-state index in [0.717, 1.165) is 24.3 Å². The van der Waals surface area contributed by atoms with Crippen LogP contribution in [0.5, 0.6) is 0 Å². The molecule has 0 bridgehead atoms. The molecule has 0 unspecified atom stereocenters. The summed E-state index contributed by atoms with van der Waals surface area (Å²) >= 11 is 0. The lowest BCUT2D eigenvalue weighted by Gasteiger charge is -2.04. The highest BCUT2D eigenvalue weighted by Gasteiger charge is 2.27. The van der Waals surface area contributed by atoms with Gasteiger partial charge in [-0.25, -0.2) is 13.1 Å². The Morgan fingerprint density at radius 2 is 2.19 bits per heavy atom. The van der Waals surface area contributed by atoms with Crippen LogP contribution in [0.1, 0.15) is 36.1 Å². The van der Waals surface area contributed by atoms with E-state index in [0.29, 0.717) is 18.3 Å². The second kappa shape index (κ2) is 5.32. The van der Waals surface area contributed by atoms with Gasteiger partial charge in [-0.3, -0.25) is 0 Å². The zero-order valence-corrected chi connectivity index (χ0v) is 12.7. The third kappa shape index (κ3) is 3.04. The van der Waals surface area contributed by atoms with E-state index < -0.39 is 10.0 Å². The fraction of sp³-hybridized carbons (Fsp3) is 0.429. The van der Waals surface area contributed by atoms with Gasteiger partial charge in [0, 0.05) is 24.5 Å². The summed E-state index contributed by atoms with van der Waals surface area (Å²) < 4.78 is 34.6. The topological polar surface area (TPSA) is 90.3 Å². The molecule has 1 fully saturated rings. The molecule has 0 aromatic carbocycles. The number of furan rings is 1. The van der Waals surface area contributed by atoms with E-state index in [1.165, 1.54) is 0 Å². The van der Waals surface area contributed by atoms with Gasteiger partial charge < -0.3 is 14.7 Å². The Morgan fingerprint density at radius 3 is 2.76 bits per heavy atom. The Labute approximate surface area is 124 Å². The van der Waals surface area contributed by atoms with E-state index in [-0.39, 0.29) is 11.4 Å². The molecule has 0 radical (unpaired) electrons. The second-order valence-electron chi connectivity index (χ2n) is 5.35. The maximum Gasteiger partial charge on any atom is 0.242 e. The molecular weight excluding hydrogens is 290 g/mol. The molecule has 2 aromatic heterocycles. The highest BCUT2D eigenvalue weighted by Crippen LogP contribution is 2.37. The van der Waals surface area contributed by atoms with Crippen molar-refractivity contribution in [1.82, 2.24) is 9.29 Å². The van der Waals surface area contributed by atoms with Crippen molar-refractivity contribution in [3.05, 3.63) is 41.6 Å². The Kier molecular flexibility index (Phi) is 3.64. The first-order chi connectivity index (χ1) is 9.99. The Bertz CT molecular complexity index is 741. The van der Waals surface area contributed by atoms with Crippen molar-refractivity contribution in [2.75, 3.05) is 0 Å². The van der Waals surface area contributed by atoms with Crippen molar-refractivity contribution in [1.29, 1.82) is 0 Å². The van der Waals surface area contributed by atoms with Crippen LogP contribution in [-0.2, 0) is 23.1 Å². The molecule has 7 heteroatoms. The van der Waals surface area contributed by atoms with Gasteiger partial charge in [-0.05, 0) is 38.0 Å². The highest BCUT2D eigenvalue weighted by atomic mass is 32.2. The predicted octanol–water partition coefficient (Wildman–Crippen LogP) is 1.66. The minimum Gasteiger partial charge on any atom is -0.465 e. The number of rotatable bonds is 6. The van der Waals surface area contributed by atoms with Gasteiger partial charge in [0.1, 0.15) is 11.5 Å². The molecule has 114 valence electrons. The summed E-state index contributed by atoms with van der Waals surface area (Å²) in [5, 5.41) is 0. The maximum absolute atomic E-state index is 12.3. The van der Waals surface area contributed by atoms with Crippen LogP contribution in [0.15, 0.2) is 33.7 Å². The molecule has 0 saturated heterocycles. The van der Waals surface area contributed by atoms with Crippen molar-refractivity contribution >= 4 is 10.0 Å². The van der Waals surface area contributed by atoms with Gasteiger partial charge in [0.15, 0.2) is 0 Å². The van der Waals surface area contributed by atoms with Crippen LogP contribution < -0.4 is 10.5 Å². The van der Waals surface area contributed by atoms with Crippen LogP contribution in [0.4, 0.5) is 0 Å². The van der Waals surface area contributed by atoms with Crippen molar-refractivity contribution in [3.8, 4) is 0 Å². The molecule has 1 saturated carbocycles. The number of aryl methyl sites for hydroxylation is 1. The van der Waals surface area contributed by atoms with E-state index in [1.807, 2.05) is 11.5 Å². The van der Waals surface area contributed by atoms with Gasteiger partial charge in [0.2, 0.25) is 10.0 Å². The third-order valence-corrected chi connectivity index (χ3v) is 4.97. The molecule has 0 atom stereocenters. The van der Waals surface area contributed by atoms with E-state index in [4.69, 9.17) is 10.2 Å². The minimum absolute atomic E-state index is 0.142. The van der Waals surface area contributed by atoms with E-state index in [9.17, 15) is 8.42 Å². The lowest BCUT2D eigenvalue weighted by molar-refractivity contribution is 0.475. The lowest BCUT2D eigenvalue weighted by atomic mass is 10.4. The maximum atomic E-state index is 12.3. The van der Waals surface area contributed by atoms with Crippen LogP contribution in [0.3, 0.4) is 0 Å². The van der Waals surface area contributed by atoms with Crippen LogP contribution in [0.25, 0.3) is 0 Å². The first-order valence-electron chi connectivity index (χ1n) is 6.95. The summed E-state index contributed by atoms with van der Waals surface area (Å²) in [7, 11) is -3.55. The molecule has 0 aliphatic heterocycles. The first-order valence-corrected chi connectivity index (χ1v) is 8.44. The standard InChI is InChI=1S/C14H19N3O3S/c1-10-2-5-13(20-10)8-16-21(18,19)14-6-12(7-15)17(9-14)11-3-4-11/h2,5-6,9,11,16H,3-4,7-8,15H2,1H3. The SMILES string of the molecule is Cc1ccc(CNS(=O)(=O)c2cc(CN)n(C3CC3)c2)o1. The molecule has 6 nitrogen and oxygen atoms in total.